The number of carbonyl (C=O) groups is 1. The molecule has 2 rings (SSSR count). The Labute approximate surface area is 122 Å². The number of hydrogen-bond donors (Lipinski definition) is 0. The SMILES string of the molecule is COc1ccc(/C=N\c2ncc(Cl)cc2C)c(C=O)c1. The number of aryl methyl sites for hydroxylation is 1. The number of ether oxygens (including phenoxy) is 1. The van der Waals surface area contributed by atoms with Gasteiger partial charge in [0.15, 0.2) is 12.1 Å². The Morgan fingerprint density at radius 1 is 1.30 bits per heavy atom. The first-order chi connectivity index (χ1) is 9.63. The van der Waals surface area contributed by atoms with Gasteiger partial charge in [-0.05, 0) is 36.8 Å². The molecule has 0 aliphatic heterocycles. The highest BCUT2D eigenvalue weighted by Crippen LogP contribution is 2.20. The van der Waals surface area contributed by atoms with Gasteiger partial charge in [0.1, 0.15) is 5.75 Å². The summed E-state index contributed by atoms with van der Waals surface area (Å²) in [4.78, 5) is 19.5. The molecule has 0 aliphatic rings. The van der Waals surface area contributed by atoms with E-state index in [1.807, 2.05) is 6.92 Å². The van der Waals surface area contributed by atoms with Crippen LogP contribution in [0.5, 0.6) is 5.75 Å². The third-order valence-electron chi connectivity index (χ3n) is 2.76. The summed E-state index contributed by atoms with van der Waals surface area (Å²) in [6, 6.07) is 7.00. The lowest BCUT2D eigenvalue weighted by Crippen LogP contribution is -1.93. The van der Waals surface area contributed by atoms with Gasteiger partial charge in [-0.3, -0.25) is 4.79 Å². The van der Waals surface area contributed by atoms with Crippen LogP contribution in [0.2, 0.25) is 5.02 Å². The van der Waals surface area contributed by atoms with Gasteiger partial charge in [-0.2, -0.15) is 0 Å². The number of rotatable bonds is 4. The van der Waals surface area contributed by atoms with Crippen LogP contribution in [0.15, 0.2) is 35.5 Å². The van der Waals surface area contributed by atoms with Crippen LogP contribution in [-0.4, -0.2) is 24.6 Å². The van der Waals surface area contributed by atoms with E-state index in [2.05, 4.69) is 9.98 Å². The van der Waals surface area contributed by atoms with Crippen molar-refractivity contribution in [2.45, 2.75) is 6.92 Å². The second kappa shape index (κ2) is 6.30. The van der Waals surface area contributed by atoms with E-state index in [1.54, 1.807) is 37.6 Å². The van der Waals surface area contributed by atoms with Crippen molar-refractivity contribution in [3.8, 4) is 5.75 Å². The predicted molar refractivity (Wildman–Crippen MR) is 79.6 cm³/mol. The van der Waals surface area contributed by atoms with E-state index in [4.69, 9.17) is 16.3 Å². The number of halogens is 1. The maximum absolute atomic E-state index is 11.1. The molecule has 20 heavy (non-hydrogen) atoms. The summed E-state index contributed by atoms with van der Waals surface area (Å²) in [5, 5.41) is 0.569. The minimum atomic E-state index is 0.514. The lowest BCUT2D eigenvalue weighted by Gasteiger charge is -2.03. The topological polar surface area (TPSA) is 51.6 Å². The first-order valence-corrected chi connectivity index (χ1v) is 6.31. The van der Waals surface area contributed by atoms with Gasteiger partial charge >= 0.3 is 0 Å². The fourth-order valence-corrected chi connectivity index (χ4v) is 1.91. The number of aromatic nitrogens is 1. The Kier molecular flexibility index (Phi) is 4.48. The van der Waals surface area contributed by atoms with E-state index in [0.717, 1.165) is 11.8 Å². The fraction of sp³-hybridized carbons (Fsp3) is 0.133. The third kappa shape index (κ3) is 3.22. The molecule has 1 heterocycles. The molecule has 0 saturated carbocycles. The van der Waals surface area contributed by atoms with Crippen LogP contribution in [0, 0.1) is 6.92 Å². The highest BCUT2D eigenvalue weighted by molar-refractivity contribution is 6.30. The number of aliphatic imine (C=N–C) groups is 1. The number of benzene rings is 1. The molecule has 2 aromatic rings. The molecule has 4 nitrogen and oxygen atoms in total. The summed E-state index contributed by atoms with van der Waals surface area (Å²) in [6.07, 6.45) is 3.91. The molecule has 0 amide bonds. The largest absolute Gasteiger partial charge is 0.497 e. The van der Waals surface area contributed by atoms with Crippen molar-refractivity contribution in [3.63, 3.8) is 0 Å². The summed E-state index contributed by atoms with van der Waals surface area (Å²) < 4.78 is 5.08. The van der Waals surface area contributed by atoms with E-state index in [-0.39, 0.29) is 0 Å². The zero-order valence-corrected chi connectivity index (χ0v) is 11.9. The molecule has 1 aromatic heterocycles. The Hall–Kier alpha value is -2.20. The number of pyridine rings is 1. The summed E-state index contributed by atoms with van der Waals surface area (Å²) in [7, 11) is 1.55. The van der Waals surface area contributed by atoms with E-state index >= 15 is 0 Å². The fourth-order valence-electron chi connectivity index (χ4n) is 1.70. The molecular weight excluding hydrogens is 276 g/mol. The zero-order valence-electron chi connectivity index (χ0n) is 11.1. The van der Waals surface area contributed by atoms with Crippen LogP contribution in [0.3, 0.4) is 0 Å². The van der Waals surface area contributed by atoms with Gasteiger partial charge in [0, 0.05) is 23.5 Å². The van der Waals surface area contributed by atoms with Gasteiger partial charge in [-0.15, -0.1) is 0 Å². The third-order valence-corrected chi connectivity index (χ3v) is 2.97. The van der Waals surface area contributed by atoms with Crippen LogP contribution >= 0.6 is 11.6 Å². The van der Waals surface area contributed by atoms with Crippen molar-refractivity contribution in [2.75, 3.05) is 7.11 Å². The van der Waals surface area contributed by atoms with Crippen LogP contribution < -0.4 is 4.74 Å². The minimum absolute atomic E-state index is 0.514. The highest BCUT2D eigenvalue weighted by Gasteiger charge is 2.03. The normalized spacial score (nSPS) is 10.8. The van der Waals surface area contributed by atoms with Gasteiger partial charge in [0.25, 0.3) is 0 Å². The van der Waals surface area contributed by atoms with E-state index in [9.17, 15) is 4.79 Å². The van der Waals surface area contributed by atoms with Crippen molar-refractivity contribution in [1.82, 2.24) is 4.98 Å². The molecule has 5 heteroatoms. The molecule has 0 atom stereocenters. The van der Waals surface area contributed by atoms with E-state index < -0.39 is 0 Å². The van der Waals surface area contributed by atoms with Crippen LogP contribution in [0.1, 0.15) is 21.5 Å². The Balaban J connectivity index is 2.33. The van der Waals surface area contributed by atoms with Crippen LogP contribution in [0.4, 0.5) is 5.82 Å². The van der Waals surface area contributed by atoms with E-state index in [1.165, 1.54) is 6.20 Å². The van der Waals surface area contributed by atoms with Gasteiger partial charge < -0.3 is 4.74 Å². The highest BCUT2D eigenvalue weighted by atomic mass is 35.5. The summed E-state index contributed by atoms with van der Waals surface area (Å²) in [5.74, 6) is 1.20. The molecule has 0 radical (unpaired) electrons. The standard InChI is InChI=1S/C15H13ClN2O2/c1-10-5-13(16)8-18-15(10)17-7-11-3-4-14(20-2)6-12(11)9-19/h3-9H,1-2H3/b17-7-. The smallest absolute Gasteiger partial charge is 0.154 e. The molecular formula is C15H13ClN2O2. The van der Waals surface area contributed by atoms with Crippen molar-refractivity contribution in [3.05, 3.63) is 52.2 Å². The average Bonchev–Trinajstić information content (AvgIpc) is 2.46. The number of carbonyl (C=O) groups excluding carboxylic acids is 1. The zero-order chi connectivity index (χ0) is 14.5. The quantitative estimate of drug-likeness (QED) is 0.638. The predicted octanol–water partition coefficient (Wildman–Crippen LogP) is 3.62. The maximum atomic E-state index is 11.1. The summed E-state index contributed by atoms with van der Waals surface area (Å²) in [6.45, 7) is 1.88. The summed E-state index contributed by atoms with van der Waals surface area (Å²) >= 11 is 5.84. The second-order valence-electron chi connectivity index (χ2n) is 4.16. The van der Waals surface area contributed by atoms with Gasteiger partial charge in [-0.1, -0.05) is 11.6 Å². The molecule has 0 N–H and O–H groups in total. The molecule has 0 fully saturated rings. The minimum Gasteiger partial charge on any atom is -0.497 e. The number of hydrogen-bond acceptors (Lipinski definition) is 4. The van der Waals surface area contributed by atoms with E-state index in [0.29, 0.717) is 27.7 Å². The van der Waals surface area contributed by atoms with Crippen molar-refractivity contribution in [2.24, 2.45) is 4.99 Å². The van der Waals surface area contributed by atoms with Crippen LogP contribution in [-0.2, 0) is 0 Å². The number of methoxy groups -OCH3 is 1. The van der Waals surface area contributed by atoms with Crippen molar-refractivity contribution in [1.29, 1.82) is 0 Å². The average molecular weight is 289 g/mol. The van der Waals surface area contributed by atoms with Gasteiger partial charge in [-0.25, -0.2) is 9.98 Å². The first-order valence-electron chi connectivity index (χ1n) is 5.93. The Morgan fingerprint density at radius 3 is 2.75 bits per heavy atom. The first kappa shape index (κ1) is 14.2. The maximum Gasteiger partial charge on any atom is 0.154 e. The molecule has 0 saturated heterocycles. The Bertz CT molecular complexity index is 669. The molecule has 0 aliphatic carbocycles. The lowest BCUT2D eigenvalue weighted by molar-refractivity contribution is 0.112. The number of nitrogens with zero attached hydrogens (tertiary/aromatic N) is 2. The summed E-state index contributed by atoms with van der Waals surface area (Å²) in [5.41, 5.74) is 2.09. The van der Waals surface area contributed by atoms with Gasteiger partial charge in [0.05, 0.1) is 12.1 Å². The Morgan fingerprint density at radius 2 is 2.10 bits per heavy atom. The molecule has 0 bridgehead atoms. The van der Waals surface area contributed by atoms with Crippen molar-refractivity contribution >= 4 is 29.9 Å². The monoisotopic (exact) mass is 288 g/mol. The number of aldehydes is 1. The van der Waals surface area contributed by atoms with Crippen molar-refractivity contribution < 1.29 is 9.53 Å². The van der Waals surface area contributed by atoms with Crippen LogP contribution in [0.25, 0.3) is 0 Å². The molecule has 0 unspecified atom stereocenters. The lowest BCUT2D eigenvalue weighted by atomic mass is 10.1. The van der Waals surface area contributed by atoms with Gasteiger partial charge in [0.2, 0.25) is 0 Å². The second-order valence-corrected chi connectivity index (χ2v) is 4.60. The molecule has 0 spiro atoms. The molecule has 1 aromatic carbocycles. The molecule has 102 valence electrons.